The van der Waals surface area contributed by atoms with Crippen LogP contribution in [0, 0.1) is 5.92 Å². The monoisotopic (exact) mass is 123 g/mol. The van der Waals surface area contributed by atoms with Gasteiger partial charge in [-0.15, -0.1) is 0 Å². The van der Waals surface area contributed by atoms with Gasteiger partial charge in [-0.25, -0.2) is 0 Å². The van der Waals surface area contributed by atoms with E-state index in [1.165, 1.54) is 12.0 Å². The molecule has 9 heavy (non-hydrogen) atoms. The Bertz CT molecular complexity index is 145. The molecule has 0 aromatic rings. The standard InChI is InChI=1S/C8H13N/c1-3-7(2)8-4-5-9-6-8/h5-7H,3-4H2,1-2H3. The van der Waals surface area contributed by atoms with Crippen molar-refractivity contribution in [3.05, 3.63) is 11.8 Å². The van der Waals surface area contributed by atoms with E-state index < -0.39 is 0 Å². The van der Waals surface area contributed by atoms with Gasteiger partial charge in [0.15, 0.2) is 0 Å². The summed E-state index contributed by atoms with van der Waals surface area (Å²) in [6.45, 7) is 4.46. The van der Waals surface area contributed by atoms with E-state index in [9.17, 15) is 0 Å². The number of hydrogen-bond donors (Lipinski definition) is 0. The van der Waals surface area contributed by atoms with Crippen molar-refractivity contribution in [3.8, 4) is 0 Å². The molecule has 0 fully saturated rings. The molecular weight excluding hydrogens is 110 g/mol. The molecular formula is C8H13N. The lowest BCUT2D eigenvalue weighted by Gasteiger charge is -2.06. The van der Waals surface area contributed by atoms with Gasteiger partial charge in [-0.05, 0) is 17.9 Å². The maximum atomic E-state index is 4.05. The van der Waals surface area contributed by atoms with Crippen molar-refractivity contribution in [1.82, 2.24) is 0 Å². The molecule has 0 N–H and O–H groups in total. The normalized spacial score (nSPS) is 20.0. The number of allylic oxidation sites excluding steroid dienone is 1. The molecule has 0 radical (unpaired) electrons. The van der Waals surface area contributed by atoms with Crippen LogP contribution in [0.25, 0.3) is 0 Å². The van der Waals surface area contributed by atoms with Crippen LogP contribution in [-0.2, 0) is 0 Å². The maximum Gasteiger partial charge on any atom is 0.0262 e. The lowest BCUT2D eigenvalue weighted by molar-refractivity contribution is 0.649. The maximum absolute atomic E-state index is 4.05. The second kappa shape index (κ2) is 2.81. The summed E-state index contributed by atoms with van der Waals surface area (Å²) in [5.41, 5.74) is 1.48. The van der Waals surface area contributed by atoms with Crippen molar-refractivity contribution in [1.29, 1.82) is 0 Å². The second-order valence-electron chi connectivity index (χ2n) is 2.55. The average Bonchev–Trinajstić information content (AvgIpc) is 2.37. The topological polar surface area (TPSA) is 12.4 Å². The summed E-state index contributed by atoms with van der Waals surface area (Å²) in [5.74, 6) is 0.729. The van der Waals surface area contributed by atoms with Crippen LogP contribution < -0.4 is 0 Å². The van der Waals surface area contributed by atoms with Crippen LogP contribution in [0.5, 0.6) is 0 Å². The molecule has 0 saturated heterocycles. The summed E-state index contributed by atoms with van der Waals surface area (Å²) >= 11 is 0. The van der Waals surface area contributed by atoms with Gasteiger partial charge in [0.05, 0.1) is 0 Å². The molecule has 0 saturated carbocycles. The minimum Gasteiger partial charge on any atom is -0.269 e. The van der Waals surface area contributed by atoms with Crippen molar-refractivity contribution in [2.45, 2.75) is 26.7 Å². The third-order valence-corrected chi connectivity index (χ3v) is 1.92. The van der Waals surface area contributed by atoms with Crippen molar-refractivity contribution < 1.29 is 0 Å². The number of hydrogen-bond acceptors (Lipinski definition) is 1. The van der Waals surface area contributed by atoms with E-state index in [2.05, 4.69) is 18.8 Å². The Kier molecular flexibility index (Phi) is 2.04. The summed E-state index contributed by atoms with van der Waals surface area (Å²) < 4.78 is 0. The largest absolute Gasteiger partial charge is 0.269 e. The molecule has 1 unspecified atom stereocenters. The molecule has 0 aromatic heterocycles. The summed E-state index contributed by atoms with van der Waals surface area (Å²) in [5, 5.41) is 0. The zero-order chi connectivity index (χ0) is 6.69. The molecule has 1 heteroatoms. The van der Waals surface area contributed by atoms with E-state index in [1.807, 2.05) is 12.4 Å². The van der Waals surface area contributed by atoms with Gasteiger partial charge < -0.3 is 0 Å². The zero-order valence-corrected chi connectivity index (χ0v) is 6.09. The lowest BCUT2D eigenvalue weighted by Crippen LogP contribution is -1.94. The second-order valence-corrected chi connectivity index (χ2v) is 2.55. The van der Waals surface area contributed by atoms with E-state index >= 15 is 0 Å². The summed E-state index contributed by atoms with van der Waals surface area (Å²) in [4.78, 5) is 4.05. The van der Waals surface area contributed by atoms with Crippen LogP contribution in [0.3, 0.4) is 0 Å². The van der Waals surface area contributed by atoms with Crippen molar-refractivity contribution >= 4 is 6.21 Å². The highest BCUT2D eigenvalue weighted by Gasteiger charge is 2.06. The highest BCUT2D eigenvalue weighted by molar-refractivity contribution is 5.65. The predicted octanol–water partition coefficient (Wildman–Crippen LogP) is 2.39. The Labute approximate surface area is 56.5 Å². The van der Waals surface area contributed by atoms with Crippen LogP contribution in [0.1, 0.15) is 26.7 Å². The third kappa shape index (κ3) is 1.41. The van der Waals surface area contributed by atoms with Crippen LogP contribution in [-0.4, -0.2) is 6.21 Å². The van der Waals surface area contributed by atoms with Crippen LogP contribution >= 0.6 is 0 Å². The van der Waals surface area contributed by atoms with E-state index in [0.717, 1.165) is 12.3 Å². The van der Waals surface area contributed by atoms with Crippen LogP contribution in [0.15, 0.2) is 16.8 Å². The minimum absolute atomic E-state index is 0.729. The van der Waals surface area contributed by atoms with Gasteiger partial charge in [0, 0.05) is 18.8 Å². The first-order valence-corrected chi connectivity index (χ1v) is 3.55. The highest BCUT2D eigenvalue weighted by Crippen LogP contribution is 2.19. The molecule has 0 aromatic carbocycles. The van der Waals surface area contributed by atoms with E-state index in [-0.39, 0.29) is 0 Å². The van der Waals surface area contributed by atoms with Gasteiger partial charge in [0.2, 0.25) is 0 Å². The lowest BCUT2D eigenvalue weighted by atomic mass is 9.98. The molecule has 1 nitrogen and oxygen atoms in total. The fourth-order valence-corrected chi connectivity index (χ4v) is 0.950. The van der Waals surface area contributed by atoms with Gasteiger partial charge in [-0.2, -0.15) is 0 Å². The fraction of sp³-hybridized carbons (Fsp3) is 0.625. The number of nitrogens with zero attached hydrogens (tertiary/aromatic N) is 1. The van der Waals surface area contributed by atoms with Gasteiger partial charge >= 0.3 is 0 Å². The molecule has 1 rings (SSSR count). The zero-order valence-electron chi connectivity index (χ0n) is 6.09. The third-order valence-electron chi connectivity index (χ3n) is 1.92. The van der Waals surface area contributed by atoms with E-state index in [4.69, 9.17) is 0 Å². The first kappa shape index (κ1) is 6.53. The Balaban J connectivity index is 2.45. The summed E-state index contributed by atoms with van der Waals surface area (Å²) in [6.07, 6.45) is 6.28. The summed E-state index contributed by atoms with van der Waals surface area (Å²) in [7, 11) is 0. The van der Waals surface area contributed by atoms with Gasteiger partial charge in [0.25, 0.3) is 0 Å². The SMILES string of the molecule is CCC(C)C1=CN=CC1. The Morgan fingerprint density at radius 1 is 1.78 bits per heavy atom. The summed E-state index contributed by atoms with van der Waals surface area (Å²) in [6, 6.07) is 0. The smallest absolute Gasteiger partial charge is 0.0262 e. The molecule has 1 atom stereocenters. The van der Waals surface area contributed by atoms with Crippen LogP contribution in [0.4, 0.5) is 0 Å². The Morgan fingerprint density at radius 2 is 2.56 bits per heavy atom. The molecule has 0 bridgehead atoms. The van der Waals surface area contributed by atoms with Crippen molar-refractivity contribution in [3.63, 3.8) is 0 Å². The molecule has 50 valence electrons. The number of rotatable bonds is 2. The molecule has 1 heterocycles. The predicted molar refractivity (Wildman–Crippen MR) is 40.6 cm³/mol. The first-order valence-electron chi connectivity index (χ1n) is 3.55. The van der Waals surface area contributed by atoms with Crippen molar-refractivity contribution in [2.75, 3.05) is 0 Å². The highest BCUT2D eigenvalue weighted by atomic mass is 14.7. The minimum atomic E-state index is 0.729. The molecule has 0 aliphatic carbocycles. The Morgan fingerprint density at radius 3 is 3.00 bits per heavy atom. The first-order chi connectivity index (χ1) is 4.34. The number of aliphatic imine (C=N–C) groups is 1. The molecule has 1 aliphatic rings. The van der Waals surface area contributed by atoms with Crippen molar-refractivity contribution in [2.24, 2.45) is 10.9 Å². The van der Waals surface area contributed by atoms with Gasteiger partial charge in [0.1, 0.15) is 0 Å². The van der Waals surface area contributed by atoms with E-state index in [0.29, 0.717) is 0 Å². The average molecular weight is 123 g/mol. The quantitative estimate of drug-likeness (QED) is 0.534. The van der Waals surface area contributed by atoms with E-state index in [1.54, 1.807) is 0 Å². The molecule has 0 amide bonds. The molecule has 1 aliphatic heterocycles. The van der Waals surface area contributed by atoms with Gasteiger partial charge in [-0.1, -0.05) is 13.8 Å². The molecule has 0 spiro atoms. The van der Waals surface area contributed by atoms with Gasteiger partial charge in [-0.3, -0.25) is 4.99 Å². The Hall–Kier alpha value is -0.590. The fourth-order valence-electron chi connectivity index (χ4n) is 0.950. The van der Waals surface area contributed by atoms with Crippen LogP contribution in [0.2, 0.25) is 0 Å².